The van der Waals surface area contributed by atoms with E-state index in [1.165, 1.54) is 44.4 Å². The van der Waals surface area contributed by atoms with Crippen LogP contribution in [-0.4, -0.2) is 41.1 Å². The molecule has 0 atom stereocenters. The fourth-order valence-corrected chi connectivity index (χ4v) is 4.46. The molecule has 2 aromatic carbocycles. The van der Waals surface area contributed by atoms with Crippen molar-refractivity contribution in [1.29, 1.82) is 0 Å². The monoisotopic (exact) mass is 395 g/mol. The molecular formula is C16H17N3O5S2. The summed E-state index contributed by atoms with van der Waals surface area (Å²) in [5.74, 6) is -0.188. The van der Waals surface area contributed by atoms with Crippen molar-refractivity contribution in [2.24, 2.45) is 0 Å². The minimum absolute atomic E-state index is 0.00330. The number of nitrogens with one attached hydrogen (secondary N) is 2. The van der Waals surface area contributed by atoms with Gasteiger partial charge in [0.2, 0.25) is 10.0 Å². The van der Waals surface area contributed by atoms with E-state index in [0.717, 1.165) is 4.31 Å². The second kappa shape index (κ2) is 6.38. The van der Waals surface area contributed by atoms with E-state index in [9.17, 15) is 21.6 Å². The van der Waals surface area contributed by atoms with Crippen molar-refractivity contribution in [1.82, 2.24) is 9.62 Å². The third kappa shape index (κ3) is 3.30. The highest BCUT2D eigenvalue weighted by atomic mass is 32.2. The summed E-state index contributed by atoms with van der Waals surface area (Å²) in [5.41, 5.74) is 1.55. The van der Waals surface area contributed by atoms with Crippen molar-refractivity contribution in [3.8, 4) is 0 Å². The molecule has 2 aromatic rings. The van der Waals surface area contributed by atoms with Gasteiger partial charge in [-0.3, -0.25) is 9.52 Å². The predicted molar refractivity (Wildman–Crippen MR) is 95.7 cm³/mol. The molecule has 1 aliphatic heterocycles. The Kier molecular flexibility index (Phi) is 4.51. The number of sulfonamides is 2. The van der Waals surface area contributed by atoms with Crippen LogP contribution >= 0.6 is 0 Å². The number of hydrogen-bond donors (Lipinski definition) is 2. The molecule has 138 valence electrons. The fraction of sp³-hybridized carbons (Fsp3) is 0.188. The highest BCUT2D eigenvalue weighted by Crippen LogP contribution is 2.23. The Bertz CT molecular complexity index is 1080. The number of carbonyl (C=O) groups is 1. The fourth-order valence-electron chi connectivity index (χ4n) is 2.51. The first-order chi connectivity index (χ1) is 12.1. The molecule has 0 bridgehead atoms. The quantitative estimate of drug-likeness (QED) is 0.784. The first-order valence-corrected chi connectivity index (χ1v) is 10.5. The first-order valence-electron chi connectivity index (χ1n) is 7.58. The van der Waals surface area contributed by atoms with Gasteiger partial charge in [0, 0.05) is 31.9 Å². The zero-order chi connectivity index (χ0) is 19.1. The van der Waals surface area contributed by atoms with Crippen LogP contribution in [0.2, 0.25) is 0 Å². The average molecular weight is 395 g/mol. The lowest BCUT2D eigenvalue weighted by molar-refractivity contribution is 0.0965. The lowest BCUT2D eigenvalue weighted by Crippen LogP contribution is -2.22. The molecule has 1 aliphatic rings. The van der Waals surface area contributed by atoms with Crippen molar-refractivity contribution in [3.63, 3.8) is 0 Å². The molecule has 0 unspecified atom stereocenters. The number of fused-ring (bicyclic) bond motifs is 1. The molecule has 0 saturated heterocycles. The van der Waals surface area contributed by atoms with E-state index in [2.05, 4.69) is 10.0 Å². The molecule has 3 rings (SSSR count). The lowest BCUT2D eigenvalue weighted by Gasteiger charge is -2.12. The van der Waals surface area contributed by atoms with Crippen LogP contribution in [0.1, 0.15) is 15.9 Å². The molecule has 0 aliphatic carbocycles. The number of anilines is 1. The Hall–Kier alpha value is -2.43. The van der Waals surface area contributed by atoms with Gasteiger partial charge in [0.05, 0.1) is 9.79 Å². The molecule has 1 amide bonds. The summed E-state index contributed by atoms with van der Waals surface area (Å²) < 4.78 is 52.6. The van der Waals surface area contributed by atoms with Gasteiger partial charge in [0.15, 0.2) is 0 Å². The standard InChI is InChI=1S/C16H17N3O5S2/c1-19(2)26(23,24)14-6-4-13(5-7-14)25(21,22)18-12-3-8-15-11(9-12)10-17-16(15)20/h3-9,18H,10H2,1-2H3,(H,17,20). The molecule has 2 N–H and O–H groups in total. The van der Waals surface area contributed by atoms with Crippen LogP contribution in [-0.2, 0) is 26.6 Å². The average Bonchev–Trinajstić information content (AvgIpc) is 2.95. The predicted octanol–water partition coefficient (Wildman–Crippen LogP) is 0.981. The van der Waals surface area contributed by atoms with Gasteiger partial charge in [0.25, 0.3) is 15.9 Å². The second-order valence-electron chi connectivity index (χ2n) is 5.92. The Morgan fingerprint density at radius 2 is 1.58 bits per heavy atom. The van der Waals surface area contributed by atoms with Crippen LogP contribution in [0.4, 0.5) is 5.69 Å². The molecule has 0 fully saturated rings. The number of carbonyl (C=O) groups excluding carboxylic acids is 1. The smallest absolute Gasteiger partial charge is 0.261 e. The maximum absolute atomic E-state index is 12.5. The third-order valence-electron chi connectivity index (χ3n) is 3.95. The summed E-state index contributed by atoms with van der Waals surface area (Å²) in [6, 6.07) is 9.61. The van der Waals surface area contributed by atoms with Gasteiger partial charge in [-0.15, -0.1) is 0 Å². The van der Waals surface area contributed by atoms with Gasteiger partial charge >= 0.3 is 0 Å². The number of rotatable bonds is 5. The normalized spacial score (nSPS) is 14.2. The maximum atomic E-state index is 12.5. The van der Waals surface area contributed by atoms with Crippen molar-refractivity contribution in [3.05, 3.63) is 53.6 Å². The largest absolute Gasteiger partial charge is 0.348 e. The number of benzene rings is 2. The zero-order valence-electron chi connectivity index (χ0n) is 14.1. The van der Waals surface area contributed by atoms with E-state index < -0.39 is 20.0 Å². The van der Waals surface area contributed by atoms with E-state index in [0.29, 0.717) is 23.4 Å². The Morgan fingerprint density at radius 3 is 2.19 bits per heavy atom. The van der Waals surface area contributed by atoms with Gasteiger partial charge in [-0.05, 0) is 48.0 Å². The Labute approximate surface area is 151 Å². The van der Waals surface area contributed by atoms with E-state index in [1.54, 1.807) is 12.1 Å². The topological polar surface area (TPSA) is 113 Å². The van der Waals surface area contributed by atoms with Gasteiger partial charge in [0.1, 0.15) is 0 Å². The molecule has 0 spiro atoms. The molecular weight excluding hydrogens is 378 g/mol. The van der Waals surface area contributed by atoms with E-state index >= 15 is 0 Å². The summed E-state index contributed by atoms with van der Waals surface area (Å²) >= 11 is 0. The second-order valence-corrected chi connectivity index (χ2v) is 9.75. The highest BCUT2D eigenvalue weighted by molar-refractivity contribution is 7.92. The minimum atomic E-state index is -3.89. The molecule has 0 radical (unpaired) electrons. The van der Waals surface area contributed by atoms with Crippen molar-refractivity contribution in [2.45, 2.75) is 16.3 Å². The molecule has 0 aromatic heterocycles. The summed E-state index contributed by atoms with van der Waals surface area (Å²) in [7, 11) is -4.73. The lowest BCUT2D eigenvalue weighted by atomic mass is 10.1. The molecule has 1 heterocycles. The van der Waals surface area contributed by atoms with E-state index in [-0.39, 0.29) is 15.7 Å². The zero-order valence-corrected chi connectivity index (χ0v) is 15.7. The van der Waals surface area contributed by atoms with Crippen LogP contribution in [0.5, 0.6) is 0 Å². The Morgan fingerprint density at radius 1 is 0.962 bits per heavy atom. The summed E-state index contributed by atoms with van der Waals surface area (Å²) in [4.78, 5) is 11.5. The van der Waals surface area contributed by atoms with Gasteiger partial charge < -0.3 is 5.32 Å². The maximum Gasteiger partial charge on any atom is 0.261 e. The highest BCUT2D eigenvalue weighted by Gasteiger charge is 2.22. The van der Waals surface area contributed by atoms with Crippen LogP contribution in [0.15, 0.2) is 52.3 Å². The third-order valence-corrected chi connectivity index (χ3v) is 7.18. The van der Waals surface area contributed by atoms with Crippen LogP contribution in [0, 0.1) is 0 Å². The van der Waals surface area contributed by atoms with Crippen LogP contribution < -0.4 is 10.0 Å². The minimum Gasteiger partial charge on any atom is -0.348 e. The van der Waals surface area contributed by atoms with Crippen LogP contribution in [0.25, 0.3) is 0 Å². The number of amides is 1. The molecule has 0 saturated carbocycles. The summed E-state index contributed by atoms with van der Waals surface area (Å²) in [5, 5.41) is 2.66. The van der Waals surface area contributed by atoms with E-state index in [1.807, 2.05) is 0 Å². The van der Waals surface area contributed by atoms with Gasteiger partial charge in [-0.2, -0.15) is 0 Å². The first kappa shape index (κ1) is 18.4. The van der Waals surface area contributed by atoms with Crippen molar-refractivity contribution >= 4 is 31.6 Å². The number of nitrogens with zero attached hydrogens (tertiary/aromatic N) is 1. The number of hydrogen-bond acceptors (Lipinski definition) is 5. The summed E-state index contributed by atoms with van der Waals surface area (Å²) in [6.45, 7) is 0.348. The summed E-state index contributed by atoms with van der Waals surface area (Å²) in [6.07, 6.45) is 0. The van der Waals surface area contributed by atoms with Gasteiger partial charge in [-0.1, -0.05) is 0 Å². The van der Waals surface area contributed by atoms with Gasteiger partial charge in [-0.25, -0.2) is 21.1 Å². The van der Waals surface area contributed by atoms with Crippen molar-refractivity contribution < 1.29 is 21.6 Å². The van der Waals surface area contributed by atoms with Crippen LogP contribution in [0.3, 0.4) is 0 Å². The van der Waals surface area contributed by atoms with E-state index in [4.69, 9.17) is 0 Å². The van der Waals surface area contributed by atoms with Crippen molar-refractivity contribution in [2.75, 3.05) is 18.8 Å². The Balaban J connectivity index is 1.86. The molecule has 26 heavy (non-hydrogen) atoms. The molecule has 10 heteroatoms. The SMILES string of the molecule is CN(C)S(=O)(=O)c1ccc(S(=O)(=O)Nc2ccc3c(c2)CNC3=O)cc1. The molecule has 8 nitrogen and oxygen atoms in total.